The maximum atomic E-state index is 12.4. The van der Waals surface area contributed by atoms with Crippen molar-refractivity contribution in [2.45, 2.75) is 5.16 Å². The smallest absolute Gasteiger partial charge is 0.271 e. The van der Waals surface area contributed by atoms with Gasteiger partial charge in [-0.2, -0.15) is 0 Å². The molecule has 0 fully saturated rings. The molecule has 0 aliphatic carbocycles. The molecule has 0 bridgehead atoms. The lowest BCUT2D eigenvalue weighted by atomic mass is 10.2. The summed E-state index contributed by atoms with van der Waals surface area (Å²) in [6, 6.07) is 17.6. The van der Waals surface area contributed by atoms with Crippen LogP contribution in [0.1, 0.15) is 10.4 Å². The number of halogens is 1. The third kappa shape index (κ3) is 5.36. The summed E-state index contributed by atoms with van der Waals surface area (Å²) in [5.41, 5.74) is 6.64. The van der Waals surface area contributed by atoms with Crippen LogP contribution in [-0.2, 0) is 4.79 Å². The molecule has 2 aromatic carbocycles. The first-order valence-electron chi connectivity index (χ1n) is 10.0. The molecule has 0 aliphatic rings. The Bertz CT molecular complexity index is 1300. The molecule has 4 aromatic rings. The maximum absolute atomic E-state index is 12.4. The molecule has 0 unspecified atom stereocenters. The number of nitrogens with zero attached hydrogens (tertiary/aromatic N) is 4. The van der Waals surface area contributed by atoms with Gasteiger partial charge in [-0.3, -0.25) is 30.0 Å². The Morgan fingerprint density at radius 2 is 1.74 bits per heavy atom. The van der Waals surface area contributed by atoms with Crippen LogP contribution in [0.2, 0.25) is 5.02 Å². The average molecular weight is 495 g/mol. The van der Waals surface area contributed by atoms with Crippen LogP contribution in [0.3, 0.4) is 0 Å². The first-order valence-corrected chi connectivity index (χ1v) is 11.4. The molecular weight excluding hydrogens is 476 g/mol. The minimum Gasteiger partial charge on any atom is -0.497 e. The summed E-state index contributed by atoms with van der Waals surface area (Å²) in [5, 5.41) is 9.40. The standard InChI is InChI=1S/C23H19ClN6O3S/c1-33-17-8-6-16(7-9-17)30-21(15-10-12-25-13-11-15)27-29-23(30)34-14-20(31)26-28-22(32)18-4-2-3-5-19(18)24/h2-13H,14H2,1H3,(H,26,31)(H,28,32). The van der Waals surface area contributed by atoms with E-state index in [1.54, 1.807) is 43.8 Å². The Morgan fingerprint density at radius 1 is 1.00 bits per heavy atom. The number of amides is 2. The van der Waals surface area contributed by atoms with Crippen molar-refractivity contribution in [3.63, 3.8) is 0 Å². The van der Waals surface area contributed by atoms with Crippen molar-refractivity contribution < 1.29 is 14.3 Å². The lowest BCUT2D eigenvalue weighted by Gasteiger charge is -2.11. The van der Waals surface area contributed by atoms with Crippen LogP contribution in [0.5, 0.6) is 5.75 Å². The van der Waals surface area contributed by atoms with Crippen molar-refractivity contribution in [2.75, 3.05) is 12.9 Å². The van der Waals surface area contributed by atoms with E-state index in [1.165, 1.54) is 11.8 Å². The number of rotatable bonds is 7. The summed E-state index contributed by atoms with van der Waals surface area (Å²) < 4.78 is 7.09. The molecule has 0 saturated heterocycles. The molecule has 0 atom stereocenters. The summed E-state index contributed by atoms with van der Waals surface area (Å²) in [6.45, 7) is 0. The van der Waals surface area contributed by atoms with E-state index in [2.05, 4.69) is 26.0 Å². The number of thioether (sulfide) groups is 1. The summed E-state index contributed by atoms with van der Waals surface area (Å²) in [7, 11) is 1.60. The highest BCUT2D eigenvalue weighted by molar-refractivity contribution is 7.99. The van der Waals surface area contributed by atoms with Gasteiger partial charge in [-0.15, -0.1) is 10.2 Å². The minimum atomic E-state index is -0.509. The molecule has 9 nitrogen and oxygen atoms in total. The normalized spacial score (nSPS) is 10.5. The largest absolute Gasteiger partial charge is 0.497 e. The third-order valence-electron chi connectivity index (χ3n) is 4.67. The Labute approximate surface area is 204 Å². The highest BCUT2D eigenvalue weighted by atomic mass is 35.5. The zero-order valence-electron chi connectivity index (χ0n) is 17.9. The first kappa shape index (κ1) is 23.3. The molecule has 172 valence electrons. The SMILES string of the molecule is COc1ccc(-n2c(SCC(=O)NNC(=O)c3ccccc3Cl)nnc2-c2ccncc2)cc1. The van der Waals surface area contributed by atoms with Crippen LogP contribution >= 0.6 is 23.4 Å². The van der Waals surface area contributed by atoms with E-state index in [0.717, 1.165) is 11.3 Å². The summed E-state index contributed by atoms with van der Waals surface area (Å²) in [4.78, 5) is 28.7. The zero-order chi connectivity index (χ0) is 23.9. The van der Waals surface area contributed by atoms with Gasteiger partial charge in [-0.05, 0) is 48.5 Å². The van der Waals surface area contributed by atoms with Gasteiger partial charge in [0.2, 0.25) is 5.91 Å². The summed E-state index contributed by atoms with van der Waals surface area (Å²) in [5.74, 6) is 0.381. The van der Waals surface area contributed by atoms with Crippen molar-refractivity contribution in [3.8, 4) is 22.8 Å². The Kier molecular flexibility index (Phi) is 7.41. The van der Waals surface area contributed by atoms with Crippen molar-refractivity contribution in [2.24, 2.45) is 0 Å². The molecule has 0 spiro atoms. The summed E-state index contributed by atoms with van der Waals surface area (Å²) in [6.07, 6.45) is 3.34. The monoisotopic (exact) mass is 494 g/mol. The summed E-state index contributed by atoms with van der Waals surface area (Å²) >= 11 is 7.19. The molecule has 2 heterocycles. The molecule has 4 rings (SSSR count). The van der Waals surface area contributed by atoms with Gasteiger partial charge in [-0.25, -0.2) is 0 Å². The van der Waals surface area contributed by atoms with E-state index in [9.17, 15) is 9.59 Å². The fourth-order valence-corrected chi connectivity index (χ4v) is 3.99. The predicted molar refractivity (Wildman–Crippen MR) is 129 cm³/mol. The van der Waals surface area contributed by atoms with Crippen molar-refractivity contribution >= 4 is 35.2 Å². The Hall–Kier alpha value is -3.89. The second-order valence-corrected chi connectivity index (χ2v) is 8.20. The quantitative estimate of drug-likeness (QED) is 0.298. The highest BCUT2D eigenvalue weighted by Gasteiger charge is 2.18. The lowest BCUT2D eigenvalue weighted by molar-refractivity contribution is -0.119. The number of aromatic nitrogens is 4. The van der Waals surface area contributed by atoms with Gasteiger partial charge in [0.05, 0.1) is 23.4 Å². The minimum absolute atomic E-state index is 0.00651. The second kappa shape index (κ2) is 10.8. The fourth-order valence-electron chi connectivity index (χ4n) is 3.02. The van der Waals surface area contributed by atoms with Gasteiger partial charge < -0.3 is 4.74 Å². The van der Waals surface area contributed by atoms with Crippen molar-refractivity contribution in [1.82, 2.24) is 30.6 Å². The lowest BCUT2D eigenvalue weighted by Crippen LogP contribution is -2.42. The zero-order valence-corrected chi connectivity index (χ0v) is 19.5. The van der Waals surface area contributed by atoms with E-state index >= 15 is 0 Å². The van der Waals surface area contributed by atoms with Gasteiger partial charge in [0.1, 0.15) is 5.75 Å². The molecule has 2 aromatic heterocycles. The molecule has 0 aliphatic heterocycles. The first-order chi connectivity index (χ1) is 16.6. The molecule has 2 amide bonds. The van der Waals surface area contributed by atoms with Crippen LogP contribution in [0.4, 0.5) is 0 Å². The van der Waals surface area contributed by atoms with Gasteiger partial charge in [0, 0.05) is 23.6 Å². The third-order valence-corrected chi connectivity index (χ3v) is 5.93. The van der Waals surface area contributed by atoms with E-state index in [0.29, 0.717) is 21.8 Å². The fraction of sp³-hybridized carbons (Fsp3) is 0.0870. The number of nitrogens with one attached hydrogen (secondary N) is 2. The van der Waals surface area contributed by atoms with Crippen molar-refractivity contribution in [3.05, 3.63) is 83.6 Å². The topological polar surface area (TPSA) is 111 Å². The van der Waals surface area contributed by atoms with Gasteiger partial charge >= 0.3 is 0 Å². The van der Waals surface area contributed by atoms with E-state index in [4.69, 9.17) is 16.3 Å². The molecule has 0 radical (unpaired) electrons. The van der Waals surface area contributed by atoms with E-state index in [-0.39, 0.29) is 11.3 Å². The van der Waals surface area contributed by atoms with E-state index < -0.39 is 11.8 Å². The van der Waals surface area contributed by atoms with Crippen LogP contribution in [0, 0.1) is 0 Å². The van der Waals surface area contributed by atoms with E-state index in [1.807, 2.05) is 41.0 Å². The number of hydrogen-bond acceptors (Lipinski definition) is 7. The maximum Gasteiger partial charge on any atom is 0.271 e. The highest BCUT2D eigenvalue weighted by Crippen LogP contribution is 2.28. The number of benzene rings is 2. The molecular formula is C23H19ClN6O3S. The molecule has 0 saturated carbocycles. The van der Waals surface area contributed by atoms with Gasteiger partial charge in [0.25, 0.3) is 5.91 Å². The van der Waals surface area contributed by atoms with Gasteiger partial charge in [0.15, 0.2) is 11.0 Å². The number of methoxy groups -OCH3 is 1. The van der Waals surface area contributed by atoms with Crippen LogP contribution in [0.25, 0.3) is 17.1 Å². The Balaban J connectivity index is 1.49. The van der Waals surface area contributed by atoms with Gasteiger partial charge in [-0.1, -0.05) is 35.5 Å². The molecule has 11 heteroatoms. The van der Waals surface area contributed by atoms with Crippen LogP contribution in [-0.4, -0.2) is 44.4 Å². The number of carbonyl (C=O) groups excluding carboxylic acids is 2. The number of carbonyl (C=O) groups is 2. The number of hydrogen-bond donors (Lipinski definition) is 2. The Morgan fingerprint density at radius 3 is 2.44 bits per heavy atom. The number of pyridine rings is 1. The number of hydrazine groups is 1. The number of ether oxygens (including phenoxy) is 1. The second-order valence-electron chi connectivity index (χ2n) is 6.85. The van der Waals surface area contributed by atoms with Crippen LogP contribution < -0.4 is 15.6 Å². The molecule has 2 N–H and O–H groups in total. The molecule has 34 heavy (non-hydrogen) atoms. The van der Waals surface area contributed by atoms with Crippen LogP contribution in [0.15, 0.2) is 78.2 Å². The predicted octanol–water partition coefficient (Wildman–Crippen LogP) is 3.54. The van der Waals surface area contributed by atoms with Crippen molar-refractivity contribution in [1.29, 1.82) is 0 Å². The average Bonchev–Trinajstić information content (AvgIpc) is 3.31.